The summed E-state index contributed by atoms with van der Waals surface area (Å²) in [4.78, 5) is 11.6. The van der Waals surface area contributed by atoms with Gasteiger partial charge in [0.05, 0.1) is 12.5 Å². The second-order valence-electron chi connectivity index (χ2n) is 4.51. The normalized spacial score (nSPS) is 16.6. The van der Waals surface area contributed by atoms with E-state index in [0.29, 0.717) is 6.61 Å². The zero-order valence-corrected chi connectivity index (χ0v) is 10.9. The van der Waals surface area contributed by atoms with Crippen molar-refractivity contribution in [3.05, 3.63) is 0 Å². The van der Waals surface area contributed by atoms with E-state index in [1.54, 1.807) is 7.11 Å². The molecule has 0 saturated carbocycles. The lowest BCUT2D eigenvalue weighted by Crippen LogP contribution is -2.24. The number of hydrogen-bond donors (Lipinski definition) is 1. The summed E-state index contributed by atoms with van der Waals surface area (Å²) in [6.45, 7) is 6.14. The minimum atomic E-state index is -0.173. The van der Waals surface area contributed by atoms with Crippen molar-refractivity contribution in [1.29, 1.82) is 0 Å². The Morgan fingerprint density at radius 3 is 2.38 bits per heavy atom. The fourth-order valence-corrected chi connectivity index (χ4v) is 1.45. The first-order chi connectivity index (χ1) is 7.47. The highest BCUT2D eigenvalue weighted by Gasteiger charge is 2.17. The fraction of sp³-hybridized carbons (Fsp3) is 0.917. The highest BCUT2D eigenvalue weighted by atomic mass is 16.6. The van der Waals surface area contributed by atoms with E-state index in [-0.39, 0.29) is 24.0 Å². The number of hydrogen-bond acceptors (Lipinski definition) is 4. The lowest BCUT2D eigenvalue weighted by Gasteiger charge is -2.16. The van der Waals surface area contributed by atoms with Gasteiger partial charge in [0.25, 0.3) is 0 Å². The van der Waals surface area contributed by atoms with Crippen LogP contribution in [0.5, 0.6) is 0 Å². The summed E-state index contributed by atoms with van der Waals surface area (Å²) < 4.78 is 10.1. The standard InChI is InChI=1S/C12H25NO3/c1-9(6-5-7-10(2)13)12(14)16-11(3)8-15-4/h9-11H,5-8,13H2,1-4H3. The van der Waals surface area contributed by atoms with Crippen LogP contribution in [0.4, 0.5) is 0 Å². The number of carbonyl (C=O) groups excluding carboxylic acids is 1. The maximum Gasteiger partial charge on any atom is 0.308 e. The second-order valence-corrected chi connectivity index (χ2v) is 4.51. The average molecular weight is 231 g/mol. The minimum absolute atomic E-state index is 0.0574. The number of nitrogens with two attached hydrogens (primary N) is 1. The molecule has 0 amide bonds. The molecule has 0 aromatic heterocycles. The molecule has 0 heterocycles. The van der Waals surface area contributed by atoms with Gasteiger partial charge in [-0.05, 0) is 26.7 Å². The molecular weight excluding hydrogens is 206 g/mol. The van der Waals surface area contributed by atoms with Gasteiger partial charge in [-0.3, -0.25) is 4.79 Å². The molecule has 2 N–H and O–H groups in total. The Morgan fingerprint density at radius 1 is 1.25 bits per heavy atom. The number of ether oxygens (including phenoxy) is 2. The van der Waals surface area contributed by atoms with Gasteiger partial charge < -0.3 is 15.2 Å². The summed E-state index contributed by atoms with van der Waals surface area (Å²) in [5.41, 5.74) is 5.64. The highest BCUT2D eigenvalue weighted by molar-refractivity contribution is 5.72. The van der Waals surface area contributed by atoms with E-state index in [1.807, 2.05) is 20.8 Å². The van der Waals surface area contributed by atoms with Crippen LogP contribution in [0.15, 0.2) is 0 Å². The van der Waals surface area contributed by atoms with Gasteiger partial charge in [-0.2, -0.15) is 0 Å². The third-order valence-electron chi connectivity index (χ3n) is 2.42. The molecular formula is C12H25NO3. The number of rotatable bonds is 8. The van der Waals surface area contributed by atoms with Gasteiger partial charge >= 0.3 is 5.97 Å². The molecule has 0 bridgehead atoms. The molecule has 3 atom stereocenters. The smallest absolute Gasteiger partial charge is 0.308 e. The average Bonchev–Trinajstić information content (AvgIpc) is 2.17. The van der Waals surface area contributed by atoms with Crippen LogP contribution >= 0.6 is 0 Å². The van der Waals surface area contributed by atoms with Gasteiger partial charge in [0.1, 0.15) is 6.10 Å². The van der Waals surface area contributed by atoms with Crippen LogP contribution in [0, 0.1) is 5.92 Å². The first-order valence-electron chi connectivity index (χ1n) is 5.92. The van der Waals surface area contributed by atoms with E-state index < -0.39 is 0 Å². The van der Waals surface area contributed by atoms with Gasteiger partial charge in [-0.15, -0.1) is 0 Å². The summed E-state index contributed by atoms with van der Waals surface area (Å²) in [7, 11) is 1.59. The van der Waals surface area contributed by atoms with Crippen molar-refractivity contribution in [3.63, 3.8) is 0 Å². The Bertz CT molecular complexity index is 195. The lowest BCUT2D eigenvalue weighted by molar-refractivity contribution is -0.155. The first-order valence-corrected chi connectivity index (χ1v) is 5.92. The maximum atomic E-state index is 11.6. The summed E-state index contributed by atoms with van der Waals surface area (Å²) in [5, 5.41) is 0. The van der Waals surface area contributed by atoms with Crippen LogP contribution in [-0.4, -0.2) is 31.8 Å². The van der Waals surface area contributed by atoms with Gasteiger partial charge in [0.2, 0.25) is 0 Å². The number of esters is 1. The zero-order chi connectivity index (χ0) is 12.6. The zero-order valence-electron chi connectivity index (χ0n) is 10.9. The molecule has 0 radical (unpaired) electrons. The first kappa shape index (κ1) is 15.4. The molecule has 3 unspecified atom stereocenters. The molecule has 4 heteroatoms. The van der Waals surface area contributed by atoms with Crippen LogP contribution in [0.2, 0.25) is 0 Å². The van der Waals surface area contributed by atoms with Crippen LogP contribution < -0.4 is 5.73 Å². The maximum absolute atomic E-state index is 11.6. The molecule has 0 fully saturated rings. The molecule has 16 heavy (non-hydrogen) atoms. The molecule has 0 saturated heterocycles. The third-order valence-corrected chi connectivity index (χ3v) is 2.42. The van der Waals surface area contributed by atoms with E-state index in [0.717, 1.165) is 19.3 Å². The predicted octanol–water partition coefficient (Wildman–Crippen LogP) is 1.72. The van der Waals surface area contributed by atoms with Gasteiger partial charge in [-0.25, -0.2) is 0 Å². The van der Waals surface area contributed by atoms with Crippen LogP contribution in [0.25, 0.3) is 0 Å². The van der Waals surface area contributed by atoms with E-state index in [9.17, 15) is 4.79 Å². The van der Waals surface area contributed by atoms with Crippen molar-refractivity contribution in [1.82, 2.24) is 0 Å². The van der Waals surface area contributed by atoms with Crippen LogP contribution in [0.1, 0.15) is 40.0 Å². The van der Waals surface area contributed by atoms with E-state index in [4.69, 9.17) is 15.2 Å². The molecule has 0 rings (SSSR count). The summed E-state index contributed by atoms with van der Waals surface area (Å²) in [5.74, 6) is -0.202. The molecule has 96 valence electrons. The summed E-state index contributed by atoms with van der Waals surface area (Å²) in [6, 6.07) is 0.204. The molecule has 0 spiro atoms. The monoisotopic (exact) mass is 231 g/mol. The molecule has 0 aromatic carbocycles. The lowest BCUT2D eigenvalue weighted by atomic mass is 10.0. The van der Waals surface area contributed by atoms with Crippen molar-refractivity contribution in [2.24, 2.45) is 11.7 Å². The third kappa shape index (κ3) is 7.65. The fourth-order valence-electron chi connectivity index (χ4n) is 1.45. The largest absolute Gasteiger partial charge is 0.460 e. The van der Waals surface area contributed by atoms with Gasteiger partial charge in [-0.1, -0.05) is 13.3 Å². The van der Waals surface area contributed by atoms with Crippen molar-refractivity contribution < 1.29 is 14.3 Å². The quantitative estimate of drug-likeness (QED) is 0.646. The van der Waals surface area contributed by atoms with Gasteiger partial charge in [0, 0.05) is 13.2 Å². The Morgan fingerprint density at radius 2 is 1.88 bits per heavy atom. The summed E-state index contributed by atoms with van der Waals surface area (Å²) >= 11 is 0. The topological polar surface area (TPSA) is 61.5 Å². The van der Waals surface area contributed by atoms with E-state index in [2.05, 4.69) is 0 Å². The Hall–Kier alpha value is -0.610. The van der Waals surface area contributed by atoms with Crippen LogP contribution in [0.3, 0.4) is 0 Å². The number of carbonyl (C=O) groups is 1. The van der Waals surface area contributed by atoms with Gasteiger partial charge in [0.15, 0.2) is 0 Å². The number of methoxy groups -OCH3 is 1. The second kappa shape index (κ2) is 8.53. The predicted molar refractivity (Wildman–Crippen MR) is 64.1 cm³/mol. The molecule has 0 aliphatic carbocycles. The van der Waals surface area contributed by atoms with Crippen molar-refractivity contribution in [3.8, 4) is 0 Å². The van der Waals surface area contributed by atoms with E-state index in [1.165, 1.54) is 0 Å². The van der Waals surface area contributed by atoms with E-state index >= 15 is 0 Å². The SMILES string of the molecule is COCC(C)OC(=O)C(C)CCCC(C)N. The minimum Gasteiger partial charge on any atom is -0.460 e. The highest BCUT2D eigenvalue weighted by Crippen LogP contribution is 2.11. The Balaban J connectivity index is 3.72. The Labute approximate surface area is 98.5 Å². The van der Waals surface area contributed by atoms with Crippen molar-refractivity contribution in [2.45, 2.75) is 52.2 Å². The van der Waals surface area contributed by atoms with Crippen molar-refractivity contribution in [2.75, 3.05) is 13.7 Å². The Kier molecular flexibility index (Phi) is 8.21. The molecule has 4 nitrogen and oxygen atoms in total. The van der Waals surface area contributed by atoms with Crippen molar-refractivity contribution >= 4 is 5.97 Å². The molecule has 0 aliphatic heterocycles. The molecule has 0 aromatic rings. The summed E-state index contributed by atoms with van der Waals surface area (Å²) in [6.07, 6.45) is 2.58. The van der Waals surface area contributed by atoms with Crippen LogP contribution in [-0.2, 0) is 14.3 Å². The molecule has 0 aliphatic rings.